The molecule has 0 spiro atoms. The van der Waals surface area contributed by atoms with Gasteiger partial charge in [-0.15, -0.1) is 0 Å². The van der Waals surface area contributed by atoms with Gasteiger partial charge in [0.05, 0.1) is 5.69 Å². The Morgan fingerprint density at radius 1 is 1.19 bits per heavy atom. The van der Waals surface area contributed by atoms with E-state index >= 15 is 0 Å². The SMILES string of the molecule is CCC(CNC(=O)c1cc(C(C)(C)C)nn1C)(C(=O)O)c1ccccc1. The molecule has 26 heavy (non-hydrogen) atoms. The number of benzene rings is 1. The maximum absolute atomic E-state index is 12.7. The van der Waals surface area contributed by atoms with Crippen LogP contribution in [0.3, 0.4) is 0 Å². The van der Waals surface area contributed by atoms with E-state index in [4.69, 9.17) is 0 Å². The predicted octanol–water partition coefficient (Wildman–Crippen LogP) is 2.88. The average Bonchev–Trinajstić information content (AvgIpc) is 2.98. The Morgan fingerprint density at radius 3 is 2.27 bits per heavy atom. The topological polar surface area (TPSA) is 84.2 Å². The number of aliphatic carboxylic acids is 1. The first kappa shape index (κ1) is 19.7. The van der Waals surface area contributed by atoms with Crippen molar-refractivity contribution in [2.45, 2.75) is 44.9 Å². The molecule has 1 amide bonds. The lowest BCUT2D eigenvalue weighted by Crippen LogP contribution is -2.46. The Morgan fingerprint density at radius 2 is 1.81 bits per heavy atom. The average molecular weight is 357 g/mol. The molecule has 1 unspecified atom stereocenters. The molecule has 2 rings (SSSR count). The highest BCUT2D eigenvalue weighted by molar-refractivity contribution is 5.93. The van der Waals surface area contributed by atoms with Crippen molar-refractivity contribution >= 4 is 11.9 Å². The van der Waals surface area contributed by atoms with Crippen LogP contribution in [0.5, 0.6) is 0 Å². The van der Waals surface area contributed by atoms with E-state index < -0.39 is 11.4 Å². The summed E-state index contributed by atoms with van der Waals surface area (Å²) in [7, 11) is 1.71. The first-order valence-electron chi connectivity index (χ1n) is 8.73. The second-order valence-electron chi connectivity index (χ2n) is 7.58. The molecular formula is C20H27N3O3. The molecule has 0 aliphatic heterocycles. The van der Waals surface area contributed by atoms with Gasteiger partial charge in [-0.05, 0) is 18.1 Å². The lowest BCUT2D eigenvalue weighted by Gasteiger charge is -2.29. The summed E-state index contributed by atoms with van der Waals surface area (Å²) in [5.74, 6) is -1.28. The molecule has 2 aromatic rings. The van der Waals surface area contributed by atoms with Crippen molar-refractivity contribution in [3.63, 3.8) is 0 Å². The summed E-state index contributed by atoms with van der Waals surface area (Å²) < 4.78 is 1.53. The molecule has 2 N–H and O–H groups in total. The van der Waals surface area contributed by atoms with Gasteiger partial charge in [0, 0.05) is 19.0 Å². The van der Waals surface area contributed by atoms with Gasteiger partial charge < -0.3 is 10.4 Å². The van der Waals surface area contributed by atoms with Crippen molar-refractivity contribution in [2.75, 3.05) is 6.54 Å². The van der Waals surface area contributed by atoms with Gasteiger partial charge in [-0.2, -0.15) is 5.10 Å². The quantitative estimate of drug-likeness (QED) is 0.832. The van der Waals surface area contributed by atoms with E-state index in [2.05, 4.69) is 10.4 Å². The largest absolute Gasteiger partial charge is 0.481 e. The van der Waals surface area contributed by atoms with Crippen LogP contribution in [0, 0.1) is 0 Å². The Bertz CT molecular complexity index is 790. The molecule has 6 nitrogen and oxygen atoms in total. The van der Waals surface area contributed by atoms with Gasteiger partial charge in [-0.25, -0.2) is 0 Å². The molecule has 140 valence electrons. The molecule has 1 atom stereocenters. The summed E-state index contributed by atoms with van der Waals surface area (Å²) in [5.41, 5.74) is 0.569. The Hall–Kier alpha value is -2.63. The third-order valence-electron chi connectivity index (χ3n) is 4.77. The molecule has 1 aromatic carbocycles. The summed E-state index contributed by atoms with van der Waals surface area (Å²) >= 11 is 0. The number of hydrogen-bond donors (Lipinski definition) is 2. The fourth-order valence-electron chi connectivity index (χ4n) is 2.91. The summed E-state index contributed by atoms with van der Waals surface area (Å²) in [6, 6.07) is 10.8. The van der Waals surface area contributed by atoms with Gasteiger partial charge in [0.2, 0.25) is 0 Å². The van der Waals surface area contributed by atoms with Crippen LogP contribution in [0.4, 0.5) is 0 Å². The number of hydrogen-bond acceptors (Lipinski definition) is 3. The minimum Gasteiger partial charge on any atom is -0.481 e. The summed E-state index contributed by atoms with van der Waals surface area (Å²) in [6.45, 7) is 7.91. The smallest absolute Gasteiger partial charge is 0.315 e. The number of amides is 1. The third kappa shape index (κ3) is 3.79. The fraction of sp³-hybridized carbons (Fsp3) is 0.450. The molecular weight excluding hydrogens is 330 g/mol. The first-order chi connectivity index (χ1) is 12.1. The van der Waals surface area contributed by atoms with Gasteiger partial charge in [0.1, 0.15) is 11.1 Å². The number of aromatic nitrogens is 2. The standard InChI is InChI=1S/C20H27N3O3/c1-6-20(18(25)26,14-10-8-7-9-11-14)13-21-17(24)15-12-16(19(2,3)4)22-23(15)5/h7-12H,6,13H2,1-5H3,(H,21,24)(H,25,26). The van der Waals surface area contributed by atoms with E-state index in [1.807, 2.05) is 33.8 Å². The van der Waals surface area contributed by atoms with Crippen molar-refractivity contribution in [1.29, 1.82) is 0 Å². The molecule has 1 heterocycles. The zero-order valence-corrected chi connectivity index (χ0v) is 16.0. The zero-order chi connectivity index (χ0) is 19.5. The number of carboxylic acid groups (broad SMARTS) is 1. The van der Waals surface area contributed by atoms with E-state index in [0.717, 1.165) is 5.69 Å². The molecule has 0 aliphatic carbocycles. The molecule has 0 aliphatic rings. The van der Waals surface area contributed by atoms with Crippen molar-refractivity contribution in [1.82, 2.24) is 15.1 Å². The summed E-state index contributed by atoms with van der Waals surface area (Å²) in [4.78, 5) is 24.7. The normalized spacial score (nSPS) is 13.9. The number of nitrogens with zero attached hydrogens (tertiary/aromatic N) is 2. The van der Waals surface area contributed by atoms with Crippen LogP contribution in [-0.4, -0.2) is 33.3 Å². The van der Waals surface area contributed by atoms with Crippen LogP contribution in [0.1, 0.15) is 55.9 Å². The summed E-state index contributed by atoms with van der Waals surface area (Å²) in [5, 5.41) is 17.1. The molecule has 0 radical (unpaired) electrons. The minimum atomic E-state index is -1.16. The highest BCUT2D eigenvalue weighted by Crippen LogP contribution is 2.28. The molecule has 0 fully saturated rings. The Balaban J connectivity index is 2.26. The van der Waals surface area contributed by atoms with Crippen LogP contribution < -0.4 is 5.32 Å². The highest BCUT2D eigenvalue weighted by Gasteiger charge is 2.39. The van der Waals surface area contributed by atoms with Gasteiger partial charge in [-0.1, -0.05) is 58.0 Å². The van der Waals surface area contributed by atoms with Crippen LogP contribution in [0.2, 0.25) is 0 Å². The number of nitrogens with one attached hydrogen (secondary N) is 1. The fourth-order valence-corrected chi connectivity index (χ4v) is 2.91. The first-order valence-corrected chi connectivity index (χ1v) is 8.73. The highest BCUT2D eigenvalue weighted by atomic mass is 16.4. The number of rotatable bonds is 6. The van der Waals surface area contributed by atoms with Crippen LogP contribution in [0.25, 0.3) is 0 Å². The van der Waals surface area contributed by atoms with Gasteiger partial charge >= 0.3 is 5.97 Å². The van der Waals surface area contributed by atoms with Gasteiger partial charge in [0.15, 0.2) is 0 Å². The number of carboxylic acids is 1. The lowest BCUT2D eigenvalue weighted by atomic mass is 9.78. The number of carbonyl (C=O) groups excluding carboxylic acids is 1. The third-order valence-corrected chi connectivity index (χ3v) is 4.77. The van der Waals surface area contributed by atoms with E-state index in [-0.39, 0.29) is 17.9 Å². The van der Waals surface area contributed by atoms with Crippen LogP contribution in [0.15, 0.2) is 36.4 Å². The van der Waals surface area contributed by atoms with E-state index in [0.29, 0.717) is 17.7 Å². The second kappa shape index (κ2) is 7.32. The van der Waals surface area contributed by atoms with Crippen LogP contribution in [-0.2, 0) is 22.7 Å². The van der Waals surface area contributed by atoms with Crippen molar-refractivity contribution < 1.29 is 14.7 Å². The predicted molar refractivity (Wildman–Crippen MR) is 100 cm³/mol. The van der Waals surface area contributed by atoms with Gasteiger partial charge in [0.25, 0.3) is 5.91 Å². The molecule has 6 heteroatoms. The van der Waals surface area contributed by atoms with Crippen LogP contribution >= 0.6 is 0 Å². The number of carbonyl (C=O) groups is 2. The minimum absolute atomic E-state index is 0.0116. The zero-order valence-electron chi connectivity index (χ0n) is 16.0. The van der Waals surface area contributed by atoms with E-state index in [1.54, 1.807) is 37.4 Å². The maximum atomic E-state index is 12.7. The summed E-state index contributed by atoms with van der Waals surface area (Å²) in [6.07, 6.45) is 0.366. The molecule has 0 saturated carbocycles. The van der Waals surface area contributed by atoms with E-state index in [9.17, 15) is 14.7 Å². The van der Waals surface area contributed by atoms with E-state index in [1.165, 1.54) is 4.68 Å². The Labute approximate surface area is 154 Å². The Kier molecular flexibility index (Phi) is 5.54. The van der Waals surface area contributed by atoms with Crippen molar-refractivity contribution in [3.8, 4) is 0 Å². The monoisotopic (exact) mass is 357 g/mol. The van der Waals surface area contributed by atoms with Crippen molar-refractivity contribution in [3.05, 3.63) is 53.3 Å². The molecule has 0 bridgehead atoms. The lowest BCUT2D eigenvalue weighted by molar-refractivity contribution is -0.143. The van der Waals surface area contributed by atoms with Crippen molar-refractivity contribution in [2.24, 2.45) is 7.05 Å². The maximum Gasteiger partial charge on any atom is 0.315 e. The number of aryl methyl sites for hydroxylation is 1. The molecule has 1 aromatic heterocycles. The molecule has 0 saturated heterocycles. The second-order valence-corrected chi connectivity index (χ2v) is 7.58. The van der Waals surface area contributed by atoms with Gasteiger partial charge in [-0.3, -0.25) is 14.3 Å².